The van der Waals surface area contributed by atoms with E-state index in [1.165, 1.54) is 6.07 Å². The molecule has 36 heavy (non-hydrogen) atoms. The maximum absolute atomic E-state index is 13.9. The molecule has 0 saturated heterocycles. The van der Waals surface area contributed by atoms with E-state index in [4.69, 9.17) is 10.5 Å². The lowest BCUT2D eigenvalue weighted by Gasteiger charge is -2.34. The Hall–Kier alpha value is -4.17. The number of nitrogen functional groups attached to an aromatic ring is 1. The third kappa shape index (κ3) is 3.07. The van der Waals surface area contributed by atoms with Crippen molar-refractivity contribution < 1.29 is 24.2 Å². The van der Waals surface area contributed by atoms with Crippen molar-refractivity contribution >= 4 is 29.0 Å². The Morgan fingerprint density at radius 3 is 2.33 bits per heavy atom. The molecule has 2 atom stereocenters. The van der Waals surface area contributed by atoms with E-state index in [9.17, 15) is 19.5 Å². The lowest BCUT2D eigenvalue weighted by Crippen LogP contribution is -2.61. The van der Waals surface area contributed by atoms with Gasteiger partial charge in [-0.1, -0.05) is 56.3 Å². The Kier molecular flexibility index (Phi) is 5.19. The molecule has 184 valence electrons. The number of benzene rings is 3. The molecule has 0 aromatic heterocycles. The zero-order valence-corrected chi connectivity index (χ0v) is 20.4. The zero-order chi connectivity index (χ0) is 26.0. The molecular formula is C28H27N3O5. The number of carbonyl (C=O) groups is 3. The number of Topliss-reactive ketones (excluding diaryl/α,β-unsaturated/α-hetero) is 1. The predicted molar refractivity (Wildman–Crippen MR) is 135 cm³/mol. The summed E-state index contributed by atoms with van der Waals surface area (Å²) in [6.45, 7) is 7.62. The summed E-state index contributed by atoms with van der Waals surface area (Å²) < 4.78 is 6.04. The minimum atomic E-state index is -2.34. The number of carbonyl (C=O) groups excluding carboxylic acids is 3. The number of nitrogens with two attached hydrogens (primary N) is 1. The van der Waals surface area contributed by atoms with Gasteiger partial charge in [0.25, 0.3) is 5.79 Å². The fourth-order valence-electron chi connectivity index (χ4n) is 5.18. The molecular weight excluding hydrogens is 458 g/mol. The van der Waals surface area contributed by atoms with Crippen molar-refractivity contribution in [3.05, 3.63) is 88.0 Å². The van der Waals surface area contributed by atoms with Crippen LogP contribution in [0.1, 0.15) is 57.9 Å². The summed E-state index contributed by atoms with van der Waals surface area (Å²) in [5, 5.41) is 17.2. The van der Waals surface area contributed by atoms with Crippen LogP contribution in [0.2, 0.25) is 0 Å². The van der Waals surface area contributed by atoms with Gasteiger partial charge in [-0.25, -0.2) is 0 Å². The number of hydrogen-bond acceptors (Lipinski definition) is 6. The van der Waals surface area contributed by atoms with E-state index in [1.54, 1.807) is 24.3 Å². The molecule has 0 saturated carbocycles. The van der Waals surface area contributed by atoms with E-state index in [2.05, 4.69) is 10.6 Å². The molecule has 1 aliphatic heterocycles. The molecule has 1 aliphatic carbocycles. The van der Waals surface area contributed by atoms with Gasteiger partial charge < -0.3 is 26.2 Å². The van der Waals surface area contributed by atoms with Gasteiger partial charge in [0, 0.05) is 22.5 Å². The first kappa shape index (κ1) is 23.6. The molecule has 2 aliphatic rings. The molecule has 0 radical (unpaired) electrons. The average Bonchev–Trinajstić information content (AvgIpc) is 3.18. The largest absolute Gasteiger partial charge is 0.454 e. The Morgan fingerprint density at radius 1 is 1.00 bits per heavy atom. The third-order valence-corrected chi connectivity index (χ3v) is 7.09. The minimum Gasteiger partial charge on any atom is -0.454 e. The number of aliphatic hydroxyl groups is 1. The van der Waals surface area contributed by atoms with Gasteiger partial charge in [0.05, 0.1) is 5.56 Å². The molecule has 8 heteroatoms. The van der Waals surface area contributed by atoms with E-state index in [0.717, 1.165) is 16.7 Å². The Morgan fingerprint density at radius 2 is 1.67 bits per heavy atom. The van der Waals surface area contributed by atoms with Gasteiger partial charge in [0.1, 0.15) is 5.75 Å². The van der Waals surface area contributed by atoms with Crippen LogP contribution in [0.25, 0.3) is 0 Å². The van der Waals surface area contributed by atoms with Crippen molar-refractivity contribution in [3.8, 4) is 5.75 Å². The second-order valence-electron chi connectivity index (χ2n) is 9.68. The standard InChI is InChI=1S/C28H27N3O5/c1-14(2)17-11-12-19-21(13-17)36-28(35)22-18(9-6-10-20(22)29)24(32)27(19,28)31-26(34)25(33)30-23-15(3)7-5-8-16(23)4/h5-14,35H,29H2,1-4H3,(H,30,33)(H,31,34). The number of ether oxygens (including phenoxy) is 1. The van der Waals surface area contributed by atoms with Crippen LogP contribution in [0.5, 0.6) is 5.75 Å². The fourth-order valence-corrected chi connectivity index (χ4v) is 5.18. The summed E-state index contributed by atoms with van der Waals surface area (Å²) >= 11 is 0. The highest BCUT2D eigenvalue weighted by atomic mass is 16.6. The van der Waals surface area contributed by atoms with E-state index in [-0.39, 0.29) is 34.0 Å². The van der Waals surface area contributed by atoms with Crippen molar-refractivity contribution in [2.24, 2.45) is 0 Å². The number of amides is 2. The number of ketones is 1. The van der Waals surface area contributed by atoms with Gasteiger partial charge in [-0.15, -0.1) is 0 Å². The van der Waals surface area contributed by atoms with Crippen molar-refractivity contribution in [1.82, 2.24) is 5.32 Å². The second-order valence-corrected chi connectivity index (χ2v) is 9.68. The quantitative estimate of drug-likeness (QED) is 0.332. The van der Waals surface area contributed by atoms with Crippen molar-refractivity contribution in [3.63, 3.8) is 0 Å². The Bertz CT molecular complexity index is 1440. The van der Waals surface area contributed by atoms with Crippen molar-refractivity contribution in [2.45, 2.75) is 44.9 Å². The number of nitrogens with one attached hydrogen (secondary N) is 2. The van der Waals surface area contributed by atoms with Crippen LogP contribution in [0.3, 0.4) is 0 Å². The first-order chi connectivity index (χ1) is 17.0. The monoisotopic (exact) mass is 485 g/mol. The fraction of sp³-hybridized carbons (Fsp3) is 0.250. The molecule has 8 nitrogen and oxygen atoms in total. The molecule has 2 unspecified atom stereocenters. The van der Waals surface area contributed by atoms with E-state index < -0.39 is 28.9 Å². The van der Waals surface area contributed by atoms with Crippen LogP contribution in [-0.4, -0.2) is 22.7 Å². The summed E-state index contributed by atoms with van der Waals surface area (Å²) in [5.74, 6) is -4.64. The summed E-state index contributed by atoms with van der Waals surface area (Å²) in [6.07, 6.45) is 0. The van der Waals surface area contributed by atoms with Gasteiger partial charge >= 0.3 is 11.8 Å². The van der Waals surface area contributed by atoms with Crippen LogP contribution in [0, 0.1) is 13.8 Å². The summed E-state index contributed by atoms with van der Waals surface area (Å²) in [5.41, 5.74) is 7.64. The molecule has 5 rings (SSSR count). The summed E-state index contributed by atoms with van der Waals surface area (Å²) in [4.78, 5) is 40.2. The molecule has 2 amide bonds. The number of fused-ring (bicyclic) bond motifs is 5. The van der Waals surface area contributed by atoms with Gasteiger partial charge in [-0.05, 0) is 48.6 Å². The lowest BCUT2D eigenvalue weighted by atomic mass is 9.82. The van der Waals surface area contributed by atoms with E-state index >= 15 is 0 Å². The highest BCUT2D eigenvalue weighted by Gasteiger charge is 2.72. The van der Waals surface area contributed by atoms with Gasteiger partial charge in [0.15, 0.2) is 0 Å². The van der Waals surface area contributed by atoms with Crippen LogP contribution in [-0.2, 0) is 20.9 Å². The van der Waals surface area contributed by atoms with Crippen LogP contribution in [0.4, 0.5) is 11.4 Å². The maximum atomic E-state index is 13.9. The molecule has 1 heterocycles. The zero-order valence-electron chi connectivity index (χ0n) is 20.4. The van der Waals surface area contributed by atoms with E-state index in [0.29, 0.717) is 5.69 Å². The van der Waals surface area contributed by atoms with Crippen molar-refractivity contribution in [2.75, 3.05) is 11.1 Å². The summed E-state index contributed by atoms with van der Waals surface area (Å²) in [7, 11) is 0. The van der Waals surface area contributed by atoms with E-state index in [1.807, 2.05) is 52.0 Å². The molecule has 3 aromatic rings. The van der Waals surface area contributed by atoms with Crippen LogP contribution >= 0.6 is 0 Å². The smallest absolute Gasteiger partial charge is 0.313 e. The number of para-hydroxylation sites is 1. The van der Waals surface area contributed by atoms with Gasteiger partial charge in [-0.3, -0.25) is 14.4 Å². The number of rotatable bonds is 3. The topological polar surface area (TPSA) is 131 Å². The normalized spacial score (nSPS) is 21.4. The number of aryl methyl sites for hydroxylation is 2. The molecule has 0 spiro atoms. The first-order valence-electron chi connectivity index (χ1n) is 11.7. The van der Waals surface area contributed by atoms with Gasteiger partial charge in [0.2, 0.25) is 11.3 Å². The van der Waals surface area contributed by atoms with Gasteiger partial charge in [-0.2, -0.15) is 0 Å². The minimum absolute atomic E-state index is 0.0627. The average molecular weight is 486 g/mol. The SMILES string of the molecule is Cc1cccc(C)c1NC(=O)C(=O)NC12C(=O)c3cccc(N)c3C1(O)Oc1cc(C(C)C)ccc12. The lowest BCUT2D eigenvalue weighted by molar-refractivity contribution is -0.175. The Balaban J connectivity index is 1.62. The number of anilines is 2. The third-order valence-electron chi connectivity index (χ3n) is 7.09. The predicted octanol–water partition coefficient (Wildman–Crippen LogP) is 3.39. The summed E-state index contributed by atoms with van der Waals surface area (Å²) in [6, 6.07) is 15.3. The molecule has 0 bridgehead atoms. The highest BCUT2D eigenvalue weighted by Crippen LogP contribution is 2.59. The van der Waals surface area contributed by atoms with Crippen molar-refractivity contribution in [1.29, 1.82) is 0 Å². The molecule has 3 aromatic carbocycles. The number of hydrogen-bond donors (Lipinski definition) is 4. The van der Waals surface area contributed by atoms with Crippen LogP contribution in [0.15, 0.2) is 54.6 Å². The highest BCUT2D eigenvalue weighted by molar-refractivity contribution is 6.40. The maximum Gasteiger partial charge on any atom is 0.313 e. The second kappa shape index (κ2) is 7.93. The molecule has 0 fully saturated rings. The molecule has 5 N–H and O–H groups in total. The first-order valence-corrected chi connectivity index (χ1v) is 11.7. The Labute approximate surface area is 208 Å². The van der Waals surface area contributed by atoms with Crippen LogP contribution < -0.4 is 21.1 Å².